The predicted molar refractivity (Wildman–Crippen MR) is 99.7 cm³/mol. The summed E-state index contributed by atoms with van der Waals surface area (Å²) in [6.45, 7) is 13.4. The molecule has 1 aromatic carbocycles. The largest absolute Gasteiger partial charge is 0.378 e. The molecule has 1 atom stereocenters. The molecule has 5 nitrogen and oxygen atoms in total. The van der Waals surface area contributed by atoms with Crippen LogP contribution in [0, 0.1) is 5.92 Å². The Labute approximate surface area is 146 Å². The highest BCUT2D eigenvalue weighted by Gasteiger charge is 2.18. The van der Waals surface area contributed by atoms with E-state index in [1.54, 1.807) is 0 Å². The van der Waals surface area contributed by atoms with Crippen molar-refractivity contribution in [3.8, 4) is 0 Å². The summed E-state index contributed by atoms with van der Waals surface area (Å²) >= 11 is 0. The van der Waals surface area contributed by atoms with Crippen molar-refractivity contribution in [2.24, 2.45) is 5.92 Å². The highest BCUT2D eigenvalue weighted by atomic mass is 16.5. The van der Waals surface area contributed by atoms with Gasteiger partial charge in [0.25, 0.3) is 0 Å². The molecule has 0 bridgehead atoms. The van der Waals surface area contributed by atoms with Crippen molar-refractivity contribution in [2.45, 2.75) is 33.7 Å². The van der Waals surface area contributed by atoms with Crippen LogP contribution in [0.5, 0.6) is 0 Å². The second-order valence-electron chi connectivity index (χ2n) is 6.74. The monoisotopic (exact) mass is 333 g/mol. The van der Waals surface area contributed by atoms with Gasteiger partial charge in [0.2, 0.25) is 5.91 Å². The highest BCUT2D eigenvalue weighted by Crippen LogP contribution is 2.19. The van der Waals surface area contributed by atoms with Crippen LogP contribution in [-0.2, 0) is 9.53 Å². The molecular formula is C19H31N3O2. The smallest absolute Gasteiger partial charge is 0.238 e. The van der Waals surface area contributed by atoms with E-state index in [1.165, 1.54) is 5.69 Å². The fraction of sp³-hybridized carbons (Fsp3) is 0.632. The Morgan fingerprint density at radius 3 is 2.38 bits per heavy atom. The maximum atomic E-state index is 12.3. The number of hydrogen-bond acceptors (Lipinski definition) is 4. The Bertz CT molecular complexity index is 510. The van der Waals surface area contributed by atoms with Gasteiger partial charge in [0.1, 0.15) is 0 Å². The molecule has 24 heavy (non-hydrogen) atoms. The zero-order valence-corrected chi connectivity index (χ0v) is 15.4. The lowest BCUT2D eigenvalue weighted by molar-refractivity contribution is -0.117. The molecule has 1 aromatic rings. The first kappa shape index (κ1) is 18.7. The molecule has 134 valence electrons. The van der Waals surface area contributed by atoms with E-state index < -0.39 is 0 Å². The van der Waals surface area contributed by atoms with Crippen LogP contribution in [0.3, 0.4) is 0 Å². The van der Waals surface area contributed by atoms with Gasteiger partial charge in [0.05, 0.1) is 19.8 Å². The molecule has 1 amide bonds. The van der Waals surface area contributed by atoms with E-state index in [0.717, 1.165) is 38.5 Å². The molecule has 5 heteroatoms. The van der Waals surface area contributed by atoms with E-state index in [-0.39, 0.29) is 5.91 Å². The topological polar surface area (TPSA) is 44.8 Å². The number of benzene rings is 1. The summed E-state index contributed by atoms with van der Waals surface area (Å²) in [7, 11) is 0. The quantitative estimate of drug-likeness (QED) is 0.833. The van der Waals surface area contributed by atoms with Crippen molar-refractivity contribution in [3.05, 3.63) is 24.3 Å². The molecule has 0 aliphatic carbocycles. The fourth-order valence-electron chi connectivity index (χ4n) is 2.93. The zero-order valence-electron chi connectivity index (χ0n) is 15.4. The molecule has 0 radical (unpaired) electrons. The number of anilines is 2. The van der Waals surface area contributed by atoms with Gasteiger partial charge < -0.3 is 15.0 Å². The van der Waals surface area contributed by atoms with Crippen LogP contribution in [0.25, 0.3) is 0 Å². The molecule has 0 spiro atoms. The van der Waals surface area contributed by atoms with Crippen LogP contribution in [0.15, 0.2) is 24.3 Å². The summed E-state index contributed by atoms with van der Waals surface area (Å²) in [4.78, 5) is 16.8. The molecule has 0 aromatic heterocycles. The van der Waals surface area contributed by atoms with E-state index >= 15 is 0 Å². The van der Waals surface area contributed by atoms with Gasteiger partial charge in [-0.1, -0.05) is 20.8 Å². The summed E-state index contributed by atoms with van der Waals surface area (Å²) in [5.74, 6) is 0.578. The summed E-state index contributed by atoms with van der Waals surface area (Å²) < 4.78 is 5.38. The lowest BCUT2D eigenvalue weighted by Crippen LogP contribution is -2.41. The predicted octanol–water partition coefficient (Wildman–Crippen LogP) is 2.83. The molecular weight excluding hydrogens is 302 g/mol. The summed E-state index contributed by atoms with van der Waals surface area (Å²) in [6, 6.07) is 8.48. The Hall–Kier alpha value is -1.59. The molecule has 1 N–H and O–H groups in total. The average molecular weight is 333 g/mol. The molecule has 1 saturated heterocycles. The van der Waals surface area contributed by atoms with Crippen molar-refractivity contribution >= 4 is 17.3 Å². The fourth-order valence-corrected chi connectivity index (χ4v) is 2.93. The highest BCUT2D eigenvalue weighted by molar-refractivity contribution is 5.92. The Balaban J connectivity index is 1.89. The molecule has 1 aliphatic rings. The minimum Gasteiger partial charge on any atom is -0.378 e. The molecule has 2 rings (SSSR count). The van der Waals surface area contributed by atoms with Crippen molar-refractivity contribution in [2.75, 3.05) is 49.6 Å². The first-order valence-electron chi connectivity index (χ1n) is 8.98. The number of morpholine rings is 1. The number of amides is 1. The van der Waals surface area contributed by atoms with Gasteiger partial charge in [0, 0.05) is 30.5 Å². The van der Waals surface area contributed by atoms with Crippen molar-refractivity contribution in [3.63, 3.8) is 0 Å². The van der Waals surface area contributed by atoms with E-state index in [0.29, 0.717) is 18.5 Å². The average Bonchev–Trinajstić information content (AvgIpc) is 2.60. The first-order chi connectivity index (χ1) is 11.5. The number of nitrogens with zero attached hydrogens (tertiary/aromatic N) is 2. The number of hydrogen-bond donors (Lipinski definition) is 1. The first-order valence-corrected chi connectivity index (χ1v) is 8.98. The summed E-state index contributed by atoms with van der Waals surface area (Å²) in [6.07, 6.45) is 0. The van der Waals surface area contributed by atoms with Crippen molar-refractivity contribution in [1.29, 1.82) is 0 Å². The van der Waals surface area contributed by atoms with Gasteiger partial charge in [-0.05, 0) is 43.7 Å². The van der Waals surface area contributed by atoms with Gasteiger partial charge in [-0.2, -0.15) is 0 Å². The zero-order chi connectivity index (χ0) is 17.5. The van der Waals surface area contributed by atoms with Gasteiger partial charge in [-0.3, -0.25) is 9.69 Å². The Morgan fingerprint density at radius 1 is 1.21 bits per heavy atom. The van der Waals surface area contributed by atoms with Crippen LogP contribution in [0.2, 0.25) is 0 Å². The van der Waals surface area contributed by atoms with Crippen LogP contribution in [0.4, 0.5) is 11.4 Å². The van der Waals surface area contributed by atoms with E-state index in [1.807, 2.05) is 12.1 Å². The van der Waals surface area contributed by atoms with Gasteiger partial charge in [-0.15, -0.1) is 0 Å². The normalized spacial score (nSPS) is 16.5. The second-order valence-corrected chi connectivity index (χ2v) is 6.74. The minimum absolute atomic E-state index is 0.0449. The lowest BCUT2D eigenvalue weighted by Gasteiger charge is -2.30. The van der Waals surface area contributed by atoms with Crippen molar-refractivity contribution < 1.29 is 9.53 Å². The molecule has 1 aliphatic heterocycles. The third kappa shape index (κ3) is 5.21. The number of likely N-dealkylation sites (N-methyl/N-ethyl adjacent to an activating group) is 1. The third-order valence-corrected chi connectivity index (χ3v) is 4.82. The van der Waals surface area contributed by atoms with E-state index in [2.05, 4.69) is 54.9 Å². The SMILES string of the molecule is CCN(CC(=O)Nc1ccc(N2CCOCC2)cc1)C(C)C(C)C. The molecule has 0 saturated carbocycles. The number of nitrogens with one attached hydrogen (secondary N) is 1. The van der Waals surface area contributed by atoms with E-state index in [9.17, 15) is 4.79 Å². The van der Waals surface area contributed by atoms with Crippen LogP contribution in [0.1, 0.15) is 27.7 Å². The van der Waals surface area contributed by atoms with Crippen LogP contribution in [-0.4, -0.2) is 56.2 Å². The van der Waals surface area contributed by atoms with Gasteiger partial charge in [-0.25, -0.2) is 0 Å². The molecule has 1 unspecified atom stereocenters. The summed E-state index contributed by atoms with van der Waals surface area (Å²) in [5, 5.41) is 3.01. The van der Waals surface area contributed by atoms with Gasteiger partial charge in [0.15, 0.2) is 0 Å². The van der Waals surface area contributed by atoms with Crippen LogP contribution >= 0.6 is 0 Å². The maximum absolute atomic E-state index is 12.3. The lowest BCUT2D eigenvalue weighted by atomic mass is 10.0. The number of ether oxygens (including phenoxy) is 1. The van der Waals surface area contributed by atoms with Crippen LogP contribution < -0.4 is 10.2 Å². The number of carbonyl (C=O) groups excluding carboxylic acids is 1. The number of rotatable bonds is 7. The Morgan fingerprint density at radius 2 is 1.83 bits per heavy atom. The number of carbonyl (C=O) groups is 1. The standard InChI is InChI=1S/C19H31N3O2/c1-5-21(16(4)15(2)3)14-19(23)20-17-6-8-18(9-7-17)22-10-12-24-13-11-22/h6-9,15-16H,5,10-14H2,1-4H3,(H,20,23). The molecule has 1 fully saturated rings. The summed E-state index contributed by atoms with van der Waals surface area (Å²) in [5.41, 5.74) is 2.03. The second kappa shape index (κ2) is 9.04. The van der Waals surface area contributed by atoms with Crippen molar-refractivity contribution in [1.82, 2.24) is 4.90 Å². The third-order valence-electron chi connectivity index (χ3n) is 4.82. The maximum Gasteiger partial charge on any atom is 0.238 e. The molecule has 1 heterocycles. The van der Waals surface area contributed by atoms with E-state index in [4.69, 9.17) is 4.74 Å². The minimum atomic E-state index is 0.0449. The Kier molecular flexibility index (Phi) is 7.06. The van der Waals surface area contributed by atoms with Gasteiger partial charge >= 0.3 is 0 Å².